The summed E-state index contributed by atoms with van der Waals surface area (Å²) in [7, 11) is 0. The minimum atomic E-state index is -0.247. The number of hydrogen-bond acceptors (Lipinski definition) is 4. The first-order valence-electron chi connectivity index (χ1n) is 8.91. The highest BCUT2D eigenvalue weighted by Gasteiger charge is 2.33. The second-order valence-corrected chi connectivity index (χ2v) is 6.63. The summed E-state index contributed by atoms with van der Waals surface area (Å²) in [5.41, 5.74) is 1.12. The van der Waals surface area contributed by atoms with Gasteiger partial charge >= 0.3 is 0 Å². The first-order valence-corrected chi connectivity index (χ1v) is 8.91. The second kappa shape index (κ2) is 6.78. The molecule has 1 saturated heterocycles. The third-order valence-corrected chi connectivity index (χ3v) is 5.02. The van der Waals surface area contributed by atoms with E-state index in [2.05, 4.69) is 11.1 Å². The van der Waals surface area contributed by atoms with Crippen LogP contribution in [0.25, 0.3) is 0 Å². The van der Waals surface area contributed by atoms with Crippen LogP contribution in [0.4, 0.5) is 0 Å². The van der Waals surface area contributed by atoms with E-state index in [1.807, 2.05) is 34.7 Å². The lowest BCUT2D eigenvalue weighted by Crippen LogP contribution is -2.35. The molecule has 4 rings (SSSR count). The molecule has 2 aliphatic heterocycles. The Bertz CT molecular complexity index is 744. The number of amides is 1. The molecule has 1 aromatic carbocycles. The number of fused-ring (bicyclic) bond motifs is 1. The predicted octanol–water partition coefficient (Wildman–Crippen LogP) is 2.97. The zero-order valence-electron chi connectivity index (χ0n) is 14.4. The monoisotopic (exact) mass is 341 g/mol. The molecule has 132 valence electrons. The lowest BCUT2D eigenvalue weighted by molar-refractivity contribution is -0.135. The van der Waals surface area contributed by atoms with Crippen LogP contribution in [-0.4, -0.2) is 40.1 Å². The SMILES string of the molecule is C[C@H](C(=O)N1CCC[C@H]1c1ccc2c(c1)OCCCO2)n1ccnc1. The maximum Gasteiger partial charge on any atom is 0.245 e. The average Bonchev–Trinajstić information content (AvgIpc) is 3.28. The number of rotatable bonds is 3. The Morgan fingerprint density at radius 2 is 2.08 bits per heavy atom. The van der Waals surface area contributed by atoms with E-state index < -0.39 is 0 Å². The van der Waals surface area contributed by atoms with Gasteiger partial charge in [0.1, 0.15) is 6.04 Å². The molecular formula is C19H23N3O3. The fraction of sp³-hybridized carbons (Fsp3) is 0.474. The minimum Gasteiger partial charge on any atom is -0.490 e. The molecule has 2 atom stereocenters. The molecule has 2 aliphatic rings. The van der Waals surface area contributed by atoms with Gasteiger partial charge in [-0.25, -0.2) is 4.98 Å². The zero-order chi connectivity index (χ0) is 17.2. The molecule has 25 heavy (non-hydrogen) atoms. The van der Waals surface area contributed by atoms with E-state index in [9.17, 15) is 4.79 Å². The third kappa shape index (κ3) is 3.08. The second-order valence-electron chi connectivity index (χ2n) is 6.63. The number of carbonyl (C=O) groups is 1. The molecule has 6 nitrogen and oxygen atoms in total. The van der Waals surface area contributed by atoms with Gasteiger partial charge in [0.2, 0.25) is 5.91 Å². The summed E-state index contributed by atoms with van der Waals surface area (Å²) in [6.07, 6.45) is 8.11. The van der Waals surface area contributed by atoms with Crippen molar-refractivity contribution in [3.05, 3.63) is 42.5 Å². The van der Waals surface area contributed by atoms with Crippen LogP contribution >= 0.6 is 0 Å². The van der Waals surface area contributed by atoms with Crippen LogP contribution in [0.15, 0.2) is 36.9 Å². The van der Waals surface area contributed by atoms with Crippen LogP contribution in [0.3, 0.4) is 0 Å². The maximum absolute atomic E-state index is 13.0. The first kappa shape index (κ1) is 16.0. The van der Waals surface area contributed by atoms with Crippen LogP contribution in [0.1, 0.15) is 43.8 Å². The van der Waals surface area contributed by atoms with Crippen LogP contribution in [0.5, 0.6) is 11.5 Å². The molecule has 1 aromatic heterocycles. The molecular weight excluding hydrogens is 318 g/mol. The van der Waals surface area contributed by atoms with Crippen molar-refractivity contribution in [1.29, 1.82) is 0 Å². The van der Waals surface area contributed by atoms with Gasteiger partial charge in [-0.3, -0.25) is 4.79 Å². The van der Waals surface area contributed by atoms with E-state index in [0.717, 1.165) is 42.9 Å². The van der Waals surface area contributed by atoms with Gasteiger partial charge in [0.05, 0.1) is 25.6 Å². The Morgan fingerprint density at radius 3 is 2.88 bits per heavy atom. The number of imidazole rings is 1. The van der Waals surface area contributed by atoms with E-state index in [1.165, 1.54) is 0 Å². The van der Waals surface area contributed by atoms with Crippen LogP contribution < -0.4 is 9.47 Å². The molecule has 0 radical (unpaired) electrons. The predicted molar refractivity (Wildman–Crippen MR) is 92.7 cm³/mol. The molecule has 0 bridgehead atoms. The number of hydrogen-bond donors (Lipinski definition) is 0. The summed E-state index contributed by atoms with van der Waals surface area (Å²) < 4.78 is 13.4. The van der Waals surface area contributed by atoms with Crippen LogP contribution in [-0.2, 0) is 4.79 Å². The Balaban J connectivity index is 1.57. The Hall–Kier alpha value is -2.50. The summed E-state index contributed by atoms with van der Waals surface area (Å²) in [5, 5.41) is 0. The van der Waals surface area contributed by atoms with Crippen molar-refractivity contribution in [3.8, 4) is 11.5 Å². The summed E-state index contributed by atoms with van der Waals surface area (Å²) in [4.78, 5) is 19.0. The molecule has 3 heterocycles. The Labute approximate surface area is 147 Å². The maximum atomic E-state index is 13.0. The largest absolute Gasteiger partial charge is 0.490 e. The fourth-order valence-electron chi connectivity index (χ4n) is 3.63. The van der Waals surface area contributed by atoms with Crippen molar-refractivity contribution in [1.82, 2.24) is 14.5 Å². The van der Waals surface area contributed by atoms with Crippen molar-refractivity contribution >= 4 is 5.91 Å². The molecule has 1 amide bonds. The van der Waals surface area contributed by atoms with Gasteiger partial charge in [-0.2, -0.15) is 0 Å². The topological polar surface area (TPSA) is 56.6 Å². The molecule has 2 aromatic rings. The van der Waals surface area contributed by atoms with Gasteiger partial charge in [-0.1, -0.05) is 6.07 Å². The van der Waals surface area contributed by atoms with Crippen molar-refractivity contribution in [2.75, 3.05) is 19.8 Å². The summed E-state index contributed by atoms with van der Waals surface area (Å²) in [6, 6.07) is 5.92. The quantitative estimate of drug-likeness (QED) is 0.861. The summed E-state index contributed by atoms with van der Waals surface area (Å²) >= 11 is 0. The van der Waals surface area contributed by atoms with E-state index in [1.54, 1.807) is 12.5 Å². The molecule has 6 heteroatoms. The first-order chi connectivity index (χ1) is 12.2. The fourth-order valence-corrected chi connectivity index (χ4v) is 3.63. The molecule has 0 spiro atoms. The van der Waals surface area contributed by atoms with Crippen LogP contribution in [0.2, 0.25) is 0 Å². The van der Waals surface area contributed by atoms with Crippen molar-refractivity contribution in [2.45, 2.75) is 38.3 Å². The molecule has 0 saturated carbocycles. The van der Waals surface area contributed by atoms with Crippen LogP contribution in [0, 0.1) is 0 Å². The van der Waals surface area contributed by atoms with E-state index >= 15 is 0 Å². The van der Waals surface area contributed by atoms with E-state index in [0.29, 0.717) is 13.2 Å². The number of likely N-dealkylation sites (tertiary alicyclic amines) is 1. The van der Waals surface area contributed by atoms with Gasteiger partial charge in [-0.15, -0.1) is 0 Å². The highest BCUT2D eigenvalue weighted by Crippen LogP contribution is 2.38. The molecule has 0 unspecified atom stereocenters. The van der Waals surface area contributed by atoms with Crippen molar-refractivity contribution < 1.29 is 14.3 Å². The number of nitrogens with zero attached hydrogens (tertiary/aromatic N) is 3. The number of ether oxygens (including phenoxy) is 2. The average molecular weight is 341 g/mol. The highest BCUT2D eigenvalue weighted by molar-refractivity contribution is 5.81. The normalized spacial score (nSPS) is 21.0. The minimum absolute atomic E-state index is 0.0932. The lowest BCUT2D eigenvalue weighted by Gasteiger charge is -2.28. The van der Waals surface area contributed by atoms with E-state index in [4.69, 9.17) is 9.47 Å². The summed E-state index contributed by atoms with van der Waals surface area (Å²) in [5.74, 6) is 1.72. The zero-order valence-corrected chi connectivity index (χ0v) is 14.4. The molecule has 1 fully saturated rings. The van der Waals surface area contributed by atoms with Gasteiger partial charge in [0.15, 0.2) is 11.5 Å². The number of carbonyl (C=O) groups excluding carboxylic acids is 1. The number of benzene rings is 1. The van der Waals surface area contributed by atoms with Crippen molar-refractivity contribution in [3.63, 3.8) is 0 Å². The Kier molecular flexibility index (Phi) is 4.34. The third-order valence-electron chi connectivity index (χ3n) is 5.02. The van der Waals surface area contributed by atoms with E-state index in [-0.39, 0.29) is 18.0 Å². The standard InChI is InChI=1S/C19H23N3O3/c1-14(21-9-7-20-13-21)19(23)22-8-2-4-16(22)15-5-6-17-18(12-15)25-11-3-10-24-17/h5-7,9,12-14,16H,2-4,8,10-11H2,1H3/t14-,16+/m1/s1. The summed E-state index contributed by atoms with van der Waals surface area (Å²) in [6.45, 7) is 4.06. The highest BCUT2D eigenvalue weighted by atomic mass is 16.5. The molecule has 0 N–H and O–H groups in total. The van der Waals surface area contributed by atoms with Gasteiger partial charge in [0.25, 0.3) is 0 Å². The smallest absolute Gasteiger partial charge is 0.245 e. The number of aromatic nitrogens is 2. The van der Waals surface area contributed by atoms with Crippen molar-refractivity contribution in [2.24, 2.45) is 0 Å². The van der Waals surface area contributed by atoms with Gasteiger partial charge in [-0.05, 0) is 37.5 Å². The molecule has 0 aliphatic carbocycles. The lowest BCUT2D eigenvalue weighted by atomic mass is 10.0. The van der Waals surface area contributed by atoms with Gasteiger partial charge in [0, 0.05) is 25.4 Å². The van der Waals surface area contributed by atoms with Gasteiger partial charge < -0.3 is 18.9 Å². The Morgan fingerprint density at radius 1 is 1.24 bits per heavy atom.